The first kappa shape index (κ1) is 23.2. The molecule has 1 aromatic carbocycles. The Hall–Kier alpha value is -3.11. The molecule has 0 radical (unpaired) electrons. The monoisotopic (exact) mass is 433 g/mol. The van der Waals surface area contributed by atoms with E-state index in [1.54, 1.807) is 13.8 Å². The van der Waals surface area contributed by atoms with Gasteiger partial charge in [0, 0.05) is 24.2 Å². The Balaban J connectivity index is 2.19. The van der Waals surface area contributed by atoms with E-state index in [4.69, 9.17) is 0 Å². The van der Waals surface area contributed by atoms with Crippen molar-refractivity contribution in [2.75, 3.05) is 5.32 Å². The highest BCUT2D eigenvalue weighted by molar-refractivity contribution is 5.96. The zero-order chi connectivity index (χ0) is 22.7. The lowest BCUT2D eigenvalue weighted by Crippen LogP contribution is -2.24. The molecule has 0 atom stereocenters. The highest BCUT2D eigenvalue weighted by Gasteiger charge is 2.36. The van der Waals surface area contributed by atoms with Gasteiger partial charge in [-0.05, 0) is 35.9 Å². The van der Waals surface area contributed by atoms with Gasteiger partial charge in [-0.1, -0.05) is 13.8 Å². The molecule has 30 heavy (non-hydrogen) atoms. The molecule has 0 saturated carbocycles. The zero-order valence-electron chi connectivity index (χ0n) is 15.8. The first-order chi connectivity index (χ1) is 13.8. The Bertz CT molecular complexity index is 906. The van der Waals surface area contributed by atoms with Crippen LogP contribution in [-0.4, -0.2) is 16.8 Å². The maximum atomic E-state index is 12.9. The molecule has 11 heteroatoms. The van der Waals surface area contributed by atoms with Crippen LogP contribution in [-0.2, 0) is 23.7 Å². The van der Waals surface area contributed by atoms with Crippen LogP contribution in [0.4, 0.5) is 32.2 Å². The summed E-state index contributed by atoms with van der Waals surface area (Å²) in [6.07, 6.45) is -8.72. The molecule has 1 heterocycles. The minimum Gasteiger partial charge on any atom is -0.348 e. The Kier molecular flexibility index (Phi) is 6.73. The number of amides is 2. The number of aromatic nitrogens is 1. The van der Waals surface area contributed by atoms with Crippen molar-refractivity contribution in [1.82, 2.24) is 10.3 Å². The summed E-state index contributed by atoms with van der Waals surface area (Å²) in [5.74, 6) is -1.36. The molecule has 0 unspecified atom stereocenters. The number of halogens is 6. The predicted octanol–water partition coefficient (Wildman–Crippen LogP) is 4.64. The van der Waals surface area contributed by atoms with E-state index in [2.05, 4.69) is 15.6 Å². The fraction of sp³-hybridized carbons (Fsp3) is 0.316. The van der Waals surface area contributed by atoms with E-state index in [0.29, 0.717) is 12.1 Å². The van der Waals surface area contributed by atoms with Crippen molar-refractivity contribution in [1.29, 1.82) is 0 Å². The van der Waals surface area contributed by atoms with Crippen LogP contribution in [0.3, 0.4) is 0 Å². The summed E-state index contributed by atoms with van der Waals surface area (Å²) >= 11 is 0. The van der Waals surface area contributed by atoms with Crippen molar-refractivity contribution in [3.05, 3.63) is 58.8 Å². The third kappa shape index (κ3) is 6.19. The molecule has 0 saturated heterocycles. The van der Waals surface area contributed by atoms with E-state index in [1.807, 2.05) is 0 Å². The Morgan fingerprint density at radius 1 is 0.967 bits per heavy atom. The topological polar surface area (TPSA) is 71.1 Å². The van der Waals surface area contributed by atoms with Gasteiger partial charge in [0.25, 0.3) is 5.91 Å². The molecule has 2 N–H and O–H groups in total. The van der Waals surface area contributed by atoms with Crippen molar-refractivity contribution in [2.45, 2.75) is 32.7 Å². The van der Waals surface area contributed by atoms with Crippen LogP contribution in [0.1, 0.15) is 40.9 Å². The minimum absolute atomic E-state index is 0.0118. The van der Waals surface area contributed by atoms with E-state index < -0.39 is 35.9 Å². The smallest absolute Gasteiger partial charge is 0.348 e. The molecule has 0 aliphatic heterocycles. The molecule has 0 aliphatic rings. The van der Waals surface area contributed by atoms with E-state index in [9.17, 15) is 35.9 Å². The van der Waals surface area contributed by atoms with Gasteiger partial charge in [-0.3, -0.25) is 9.59 Å². The molecule has 0 fully saturated rings. The molecule has 0 aliphatic carbocycles. The van der Waals surface area contributed by atoms with Gasteiger partial charge >= 0.3 is 12.4 Å². The number of alkyl halides is 6. The predicted molar refractivity (Wildman–Crippen MR) is 95.3 cm³/mol. The van der Waals surface area contributed by atoms with Crippen LogP contribution in [0.15, 0.2) is 36.5 Å². The van der Waals surface area contributed by atoms with Crippen LogP contribution in [0.25, 0.3) is 0 Å². The van der Waals surface area contributed by atoms with Crippen LogP contribution < -0.4 is 10.6 Å². The molecular formula is C19H17F6N3O2. The highest BCUT2D eigenvalue weighted by atomic mass is 19.4. The highest BCUT2D eigenvalue weighted by Crippen LogP contribution is 2.36. The van der Waals surface area contributed by atoms with Gasteiger partial charge in [-0.15, -0.1) is 0 Å². The van der Waals surface area contributed by atoms with Crippen molar-refractivity contribution in [2.24, 2.45) is 5.92 Å². The fourth-order valence-corrected chi connectivity index (χ4v) is 2.32. The molecule has 2 aromatic rings. The molecular weight excluding hydrogens is 416 g/mol. The number of hydrogen-bond acceptors (Lipinski definition) is 3. The zero-order valence-corrected chi connectivity index (χ0v) is 15.8. The maximum absolute atomic E-state index is 12.9. The third-order valence-corrected chi connectivity index (χ3v) is 3.90. The van der Waals surface area contributed by atoms with Crippen LogP contribution >= 0.6 is 0 Å². The minimum atomic E-state index is -4.98. The second kappa shape index (κ2) is 8.72. The quantitative estimate of drug-likeness (QED) is 0.675. The van der Waals surface area contributed by atoms with E-state index in [1.165, 1.54) is 18.3 Å². The summed E-state index contributed by atoms with van der Waals surface area (Å²) in [4.78, 5) is 27.8. The number of hydrogen-bond donors (Lipinski definition) is 2. The number of anilines is 1. The molecule has 2 rings (SSSR count). The second-order valence-corrected chi connectivity index (χ2v) is 6.67. The van der Waals surface area contributed by atoms with Gasteiger partial charge in [0.1, 0.15) is 5.82 Å². The van der Waals surface area contributed by atoms with Gasteiger partial charge in [0.15, 0.2) is 0 Å². The average Bonchev–Trinajstić information content (AvgIpc) is 2.64. The lowest BCUT2D eigenvalue weighted by atomic mass is 10.0. The van der Waals surface area contributed by atoms with E-state index in [-0.39, 0.29) is 34.8 Å². The molecule has 0 spiro atoms. The number of carbonyl (C=O) groups is 2. The number of pyridine rings is 1. The molecule has 2 amide bonds. The van der Waals surface area contributed by atoms with Crippen molar-refractivity contribution >= 4 is 17.6 Å². The first-order valence-electron chi connectivity index (χ1n) is 8.61. The summed E-state index contributed by atoms with van der Waals surface area (Å²) in [7, 11) is 0. The lowest BCUT2D eigenvalue weighted by molar-refractivity contribution is -0.143. The number of nitrogens with one attached hydrogen (secondary N) is 2. The molecule has 0 bridgehead atoms. The fourth-order valence-electron chi connectivity index (χ4n) is 2.32. The van der Waals surface area contributed by atoms with Crippen LogP contribution in [0.2, 0.25) is 0 Å². The van der Waals surface area contributed by atoms with Crippen molar-refractivity contribution in [3.63, 3.8) is 0 Å². The second-order valence-electron chi connectivity index (χ2n) is 6.67. The Morgan fingerprint density at radius 2 is 1.53 bits per heavy atom. The SMILES string of the molecule is CC(C)C(=O)Nc1cc(C(=O)NCc2cc(C(F)(F)F)cc(C(F)(F)F)c2)ccn1. The van der Waals surface area contributed by atoms with Crippen LogP contribution in [0.5, 0.6) is 0 Å². The summed E-state index contributed by atoms with van der Waals surface area (Å²) in [6, 6.07) is 3.61. The van der Waals surface area contributed by atoms with Crippen molar-refractivity contribution < 1.29 is 35.9 Å². The van der Waals surface area contributed by atoms with Gasteiger partial charge in [0.05, 0.1) is 11.1 Å². The summed E-state index contributed by atoms with van der Waals surface area (Å²) in [5.41, 5.74) is -3.28. The van der Waals surface area contributed by atoms with Gasteiger partial charge in [0.2, 0.25) is 5.91 Å². The van der Waals surface area contributed by atoms with E-state index >= 15 is 0 Å². The lowest BCUT2D eigenvalue weighted by Gasteiger charge is -2.14. The summed E-state index contributed by atoms with van der Waals surface area (Å²) in [5, 5.41) is 4.74. The molecule has 162 valence electrons. The maximum Gasteiger partial charge on any atom is 0.416 e. The molecule has 1 aromatic heterocycles. The van der Waals surface area contributed by atoms with Crippen LogP contribution in [0, 0.1) is 5.92 Å². The first-order valence-corrected chi connectivity index (χ1v) is 8.61. The molecule has 5 nitrogen and oxygen atoms in total. The van der Waals surface area contributed by atoms with Gasteiger partial charge < -0.3 is 10.6 Å². The summed E-state index contributed by atoms with van der Waals surface area (Å²) in [6.45, 7) is 2.73. The Morgan fingerprint density at radius 3 is 2.03 bits per heavy atom. The average molecular weight is 433 g/mol. The van der Waals surface area contributed by atoms with Gasteiger partial charge in [-0.2, -0.15) is 26.3 Å². The number of carbonyl (C=O) groups excluding carboxylic acids is 2. The summed E-state index contributed by atoms with van der Waals surface area (Å²) < 4.78 is 77.5. The van der Waals surface area contributed by atoms with Gasteiger partial charge in [-0.25, -0.2) is 4.98 Å². The third-order valence-electron chi connectivity index (χ3n) is 3.90. The Labute approximate surface area is 167 Å². The number of nitrogens with zero attached hydrogens (tertiary/aromatic N) is 1. The largest absolute Gasteiger partial charge is 0.416 e. The number of benzene rings is 1. The van der Waals surface area contributed by atoms with E-state index in [0.717, 1.165) is 0 Å². The van der Waals surface area contributed by atoms with Crippen molar-refractivity contribution in [3.8, 4) is 0 Å². The standard InChI is InChI=1S/C19H17F6N3O2/c1-10(2)16(29)28-15-7-12(3-4-26-15)17(30)27-9-11-5-13(18(20,21)22)8-14(6-11)19(23,24)25/h3-8,10H,9H2,1-2H3,(H,27,30)(H,26,28,29). The normalized spacial score (nSPS) is 12.0. The number of rotatable bonds is 5.